The highest BCUT2D eigenvalue weighted by molar-refractivity contribution is 8.00. The molecular formula is C30H27FN4O3S. The van der Waals surface area contributed by atoms with Crippen LogP contribution in [0.4, 0.5) is 26.2 Å². The summed E-state index contributed by atoms with van der Waals surface area (Å²) in [6.07, 6.45) is 2.49. The van der Waals surface area contributed by atoms with Crippen molar-refractivity contribution in [3.8, 4) is 0 Å². The summed E-state index contributed by atoms with van der Waals surface area (Å²) >= 11 is 1.48. The van der Waals surface area contributed by atoms with Crippen molar-refractivity contribution in [3.05, 3.63) is 90.4 Å². The van der Waals surface area contributed by atoms with E-state index in [-0.39, 0.29) is 23.9 Å². The Bertz CT molecular complexity index is 1530. The minimum atomic E-state index is -0.389. The van der Waals surface area contributed by atoms with E-state index in [0.717, 1.165) is 33.6 Å². The maximum absolute atomic E-state index is 15.0. The Balaban J connectivity index is 1.14. The maximum atomic E-state index is 15.0. The number of aromatic nitrogens is 1. The van der Waals surface area contributed by atoms with Gasteiger partial charge in [0.25, 0.3) is 0 Å². The van der Waals surface area contributed by atoms with Gasteiger partial charge in [-0.25, -0.2) is 9.18 Å². The summed E-state index contributed by atoms with van der Waals surface area (Å²) in [5, 5.41) is 3.68. The van der Waals surface area contributed by atoms with Gasteiger partial charge in [0.2, 0.25) is 5.91 Å². The zero-order chi connectivity index (χ0) is 26.8. The number of amides is 2. The van der Waals surface area contributed by atoms with Crippen LogP contribution >= 0.6 is 11.8 Å². The highest BCUT2D eigenvalue weighted by Gasteiger charge is 2.33. The SMILES string of the molecule is O=C1CSc2ccc(N3CC(CCCN(Cc4c(F)ccc5ncccc45)c4ccccc4)OC3=O)cc2N1. The van der Waals surface area contributed by atoms with E-state index in [1.54, 1.807) is 17.2 Å². The molecule has 0 spiro atoms. The second kappa shape index (κ2) is 10.9. The molecule has 198 valence electrons. The first-order chi connectivity index (χ1) is 19.0. The molecule has 3 aromatic carbocycles. The van der Waals surface area contributed by atoms with Crippen molar-refractivity contribution in [2.45, 2.75) is 30.4 Å². The van der Waals surface area contributed by atoms with E-state index in [1.165, 1.54) is 17.8 Å². The summed E-state index contributed by atoms with van der Waals surface area (Å²) in [5.74, 6) is 0.0927. The molecule has 39 heavy (non-hydrogen) atoms. The highest BCUT2D eigenvalue weighted by Crippen LogP contribution is 2.36. The fourth-order valence-corrected chi connectivity index (χ4v) is 5.90. The number of carbonyl (C=O) groups excluding carboxylic acids is 2. The Hall–Kier alpha value is -4.11. The molecule has 2 amide bonds. The van der Waals surface area contributed by atoms with Gasteiger partial charge in [0.05, 0.1) is 23.5 Å². The van der Waals surface area contributed by atoms with Crippen molar-refractivity contribution in [3.63, 3.8) is 0 Å². The lowest BCUT2D eigenvalue weighted by Crippen LogP contribution is -2.27. The van der Waals surface area contributed by atoms with E-state index in [0.29, 0.717) is 43.1 Å². The van der Waals surface area contributed by atoms with Crippen LogP contribution in [0.5, 0.6) is 0 Å². The van der Waals surface area contributed by atoms with Gasteiger partial charge in [-0.2, -0.15) is 0 Å². The Kier molecular flexibility index (Phi) is 7.06. The number of carbonyl (C=O) groups is 2. The number of rotatable bonds is 8. The Morgan fingerprint density at radius 2 is 1.95 bits per heavy atom. The molecule has 1 unspecified atom stereocenters. The standard InChI is InChI=1S/C30H27FN4O3S/c31-25-11-12-26-23(9-4-14-32-26)24(25)18-34(20-6-2-1-3-7-20)15-5-8-22-17-35(30(37)38-22)21-10-13-28-27(16-21)33-29(36)19-39-28/h1-4,6-7,9-14,16,22H,5,8,15,17-19H2,(H,33,36). The van der Waals surface area contributed by atoms with Gasteiger partial charge in [-0.1, -0.05) is 24.3 Å². The lowest BCUT2D eigenvalue weighted by molar-refractivity contribution is -0.113. The maximum Gasteiger partial charge on any atom is 0.414 e. The molecule has 0 radical (unpaired) electrons. The Morgan fingerprint density at radius 3 is 2.82 bits per heavy atom. The number of thioether (sulfide) groups is 1. The third kappa shape index (κ3) is 5.40. The first kappa shape index (κ1) is 25.2. The van der Waals surface area contributed by atoms with Gasteiger partial charge in [0.1, 0.15) is 11.9 Å². The minimum absolute atomic E-state index is 0.0471. The summed E-state index contributed by atoms with van der Waals surface area (Å²) in [6.45, 7) is 1.50. The lowest BCUT2D eigenvalue weighted by atomic mass is 10.1. The number of benzene rings is 3. The van der Waals surface area contributed by atoms with Crippen molar-refractivity contribution >= 4 is 51.7 Å². The van der Waals surface area contributed by atoms with Crippen LogP contribution in [0.15, 0.2) is 83.9 Å². The molecule has 4 aromatic rings. The van der Waals surface area contributed by atoms with Gasteiger partial charge >= 0.3 is 6.09 Å². The van der Waals surface area contributed by atoms with Gasteiger partial charge in [0.15, 0.2) is 0 Å². The number of ether oxygens (including phenoxy) is 1. The van der Waals surface area contributed by atoms with Gasteiger partial charge < -0.3 is 15.0 Å². The van der Waals surface area contributed by atoms with Crippen LogP contribution in [0.1, 0.15) is 18.4 Å². The predicted molar refractivity (Wildman–Crippen MR) is 152 cm³/mol. The second-order valence-corrected chi connectivity index (χ2v) is 10.6. The van der Waals surface area contributed by atoms with Crippen LogP contribution in [0.3, 0.4) is 0 Å². The average Bonchev–Trinajstić information content (AvgIpc) is 3.33. The van der Waals surface area contributed by atoms with E-state index in [9.17, 15) is 14.0 Å². The molecule has 1 saturated heterocycles. The number of hydrogen-bond acceptors (Lipinski definition) is 6. The predicted octanol–water partition coefficient (Wildman–Crippen LogP) is 6.23. The normalized spacial score (nSPS) is 16.6. The largest absolute Gasteiger partial charge is 0.444 e. The average molecular weight is 543 g/mol. The molecule has 0 saturated carbocycles. The van der Waals surface area contributed by atoms with Crippen LogP contribution in [0.2, 0.25) is 0 Å². The number of cyclic esters (lactones) is 1. The number of nitrogens with one attached hydrogen (secondary N) is 1. The van der Waals surface area contributed by atoms with Crippen LogP contribution in [0.25, 0.3) is 10.9 Å². The Labute approximate surface area is 230 Å². The zero-order valence-electron chi connectivity index (χ0n) is 21.2. The first-order valence-corrected chi connectivity index (χ1v) is 13.9. The van der Waals surface area contributed by atoms with Crippen molar-refractivity contribution < 1.29 is 18.7 Å². The summed E-state index contributed by atoms with van der Waals surface area (Å²) in [4.78, 5) is 33.6. The molecular weight excluding hydrogens is 515 g/mol. The zero-order valence-corrected chi connectivity index (χ0v) is 22.0. The smallest absolute Gasteiger partial charge is 0.414 e. The van der Waals surface area contributed by atoms with Gasteiger partial charge in [0, 0.05) is 46.5 Å². The number of halogens is 1. The molecule has 2 aliphatic rings. The minimum Gasteiger partial charge on any atom is -0.444 e. The van der Waals surface area contributed by atoms with Crippen molar-refractivity contribution in [2.24, 2.45) is 0 Å². The molecule has 6 rings (SSSR count). The molecule has 2 aliphatic heterocycles. The van der Waals surface area contributed by atoms with Crippen LogP contribution < -0.4 is 15.1 Å². The van der Waals surface area contributed by atoms with E-state index < -0.39 is 0 Å². The van der Waals surface area contributed by atoms with E-state index >= 15 is 0 Å². The highest BCUT2D eigenvalue weighted by atomic mass is 32.2. The van der Waals surface area contributed by atoms with Gasteiger partial charge in [-0.15, -0.1) is 11.8 Å². The van der Waals surface area contributed by atoms with Gasteiger partial charge in [-0.05, 0) is 61.4 Å². The fraction of sp³-hybridized carbons (Fsp3) is 0.233. The summed E-state index contributed by atoms with van der Waals surface area (Å²) in [5.41, 5.74) is 3.80. The van der Waals surface area contributed by atoms with Crippen molar-refractivity contribution in [1.29, 1.82) is 0 Å². The second-order valence-electron chi connectivity index (χ2n) is 9.63. The molecule has 1 N–H and O–H groups in total. The van der Waals surface area contributed by atoms with Crippen molar-refractivity contribution in [2.75, 3.05) is 34.0 Å². The van der Waals surface area contributed by atoms with Crippen LogP contribution in [0, 0.1) is 5.82 Å². The molecule has 3 heterocycles. The number of fused-ring (bicyclic) bond motifs is 2. The molecule has 1 fully saturated rings. The van der Waals surface area contributed by atoms with E-state index in [1.807, 2.05) is 60.7 Å². The molecule has 0 aliphatic carbocycles. The fourth-order valence-electron chi connectivity index (χ4n) is 5.11. The third-order valence-electron chi connectivity index (χ3n) is 7.05. The molecule has 0 bridgehead atoms. The summed E-state index contributed by atoms with van der Waals surface area (Å²) in [7, 11) is 0. The van der Waals surface area contributed by atoms with Gasteiger partial charge in [-0.3, -0.25) is 14.7 Å². The van der Waals surface area contributed by atoms with E-state index in [2.05, 4.69) is 15.2 Å². The number of nitrogens with zero attached hydrogens (tertiary/aromatic N) is 3. The molecule has 1 aromatic heterocycles. The van der Waals surface area contributed by atoms with Crippen molar-refractivity contribution in [1.82, 2.24) is 4.98 Å². The topological polar surface area (TPSA) is 74.8 Å². The first-order valence-electron chi connectivity index (χ1n) is 12.9. The number of anilines is 3. The summed E-state index contributed by atoms with van der Waals surface area (Å²) < 4.78 is 20.7. The summed E-state index contributed by atoms with van der Waals surface area (Å²) in [6, 6.07) is 22.5. The van der Waals surface area contributed by atoms with E-state index in [4.69, 9.17) is 4.74 Å². The molecule has 7 nitrogen and oxygen atoms in total. The number of pyridine rings is 1. The number of hydrogen-bond donors (Lipinski definition) is 1. The number of para-hydroxylation sites is 1. The van der Waals surface area contributed by atoms with Crippen LogP contribution in [-0.2, 0) is 16.1 Å². The third-order valence-corrected chi connectivity index (χ3v) is 8.12. The Morgan fingerprint density at radius 1 is 1.08 bits per heavy atom. The molecule has 9 heteroatoms. The monoisotopic (exact) mass is 542 g/mol. The van der Waals surface area contributed by atoms with Crippen LogP contribution in [-0.4, -0.2) is 41.9 Å². The quantitative estimate of drug-likeness (QED) is 0.285. The molecule has 1 atom stereocenters. The lowest BCUT2D eigenvalue weighted by Gasteiger charge is -2.26.